The summed E-state index contributed by atoms with van der Waals surface area (Å²) in [7, 11) is 2.51. The van der Waals surface area contributed by atoms with Gasteiger partial charge in [-0.15, -0.1) is 0 Å². The van der Waals surface area contributed by atoms with E-state index in [1.807, 2.05) is 0 Å². The average Bonchev–Trinajstić information content (AvgIpc) is 2.04. The van der Waals surface area contributed by atoms with E-state index in [2.05, 4.69) is 9.47 Å². The monoisotopic (exact) mass is 180 g/mol. The maximum Gasteiger partial charge on any atom is 0.507 e. The molecule has 0 fully saturated rings. The third-order valence-electron chi connectivity index (χ3n) is 0.516. The second-order valence-electron chi connectivity index (χ2n) is 1.27. The Bertz CT molecular complexity index is 155. The number of rotatable bonds is 0. The number of methoxy groups -OCH3 is 2. The molecule has 2 N–H and O–H groups in total. The normalized spacial score (nSPS) is 7.17. The maximum absolute atomic E-state index is 9.74. The third kappa shape index (κ3) is 11.1. The van der Waals surface area contributed by atoms with Gasteiger partial charge >= 0.3 is 18.1 Å². The van der Waals surface area contributed by atoms with Gasteiger partial charge in [-0.05, 0) is 0 Å². The van der Waals surface area contributed by atoms with E-state index in [1.165, 1.54) is 14.2 Å². The van der Waals surface area contributed by atoms with Crippen molar-refractivity contribution in [2.24, 2.45) is 0 Å². The zero-order chi connectivity index (χ0) is 10.1. The summed E-state index contributed by atoms with van der Waals surface area (Å²) in [6.07, 6.45) is -0.657. The van der Waals surface area contributed by atoms with Gasteiger partial charge in [0.2, 0.25) is 0 Å². The van der Waals surface area contributed by atoms with Crippen LogP contribution in [0, 0.1) is 0 Å². The van der Waals surface area contributed by atoms with Gasteiger partial charge in [-0.1, -0.05) is 0 Å². The van der Waals surface area contributed by atoms with E-state index in [0.717, 1.165) is 0 Å². The molecule has 0 saturated heterocycles. The molecule has 0 heterocycles. The largest absolute Gasteiger partial charge is 0.507 e. The SMILES string of the molecule is COC(=O)OC.O=C(O)C(=O)O. The van der Waals surface area contributed by atoms with Crippen LogP contribution in [0.2, 0.25) is 0 Å². The quantitative estimate of drug-likeness (QED) is 0.383. The van der Waals surface area contributed by atoms with E-state index in [4.69, 9.17) is 19.8 Å². The van der Waals surface area contributed by atoms with Crippen molar-refractivity contribution in [3.05, 3.63) is 0 Å². The first-order chi connectivity index (χ1) is 5.45. The molecular formula is C5H8O7. The van der Waals surface area contributed by atoms with Crippen LogP contribution in [0.15, 0.2) is 0 Å². The van der Waals surface area contributed by atoms with Crippen molar-refractivity contribution in [3.63, 3.8) is 0 Å². The summed E-state index contributed by atoms with van der Waals surface area (Å²) in [5.74, 6) is -3.65. The number of hydrogen-bond donors (Lipinski definition) is 2. The Hall–Kier alpha value is -1.79. The van der Waals surface area contributed by atoms with Gasteiger partial charge in [0.15, 0.2) is 0 Å². The van der Waals surface area contributed by atoms with E-state index in [1.54, 1.807) is 0 Å². The Morgan fingerprint density at radius 2 is 1.17 bits per heavy atom. The van der Waals surface area contributed by atoms with Crippen molar-refractivity contribution in [2.45, 2.75) is 0 Å². The summed E-state index contributed by atoms with van der Waals surface area (Å²) in [5, 5.41) is 14.8. The zero-order valence-electron chi connectivity index (χ0n) is 6.44. The van der Waals surface area contributed by atoms with E-state index < -0.39 is 18.1 Å². The number of carboxylic acid groups (broad SMARTS) is 2. The Kier molecular flexibility index (Phi) is 7.84. The molecule has 0 rings (SSSR count). The fourth-order valence-electron chi connectivity index (χ4n) is 0.0833. The van der Waals surface area contributed by atoms with Crippen molar-refractivity contribution in [3.8, 4) is 0 Å². The summed E-state index contributed by atoms with van der Waals surface area (Å²) in [4.78, 5) is 27.9. The molecule has 0 spiro atoms. The van der Waals surface area contributed by atoms with Crippen molar-refractivity contribution in [1.82, 2.24) is 0 Å². The Morgan fingerprint density at radius 3 is 1.17 bits per heavy atom. The predicted molar refractivity (Wildman–Crippen MR) is 34.7 cm³/mol. The lowest BCUT2D eigenvalue weighted by atomic mass is 10.7. The van der Waals surface area contributed by atoms with Gasteiger partial charge in [0.1, 0.15) is 0 Å². The topological polar surface area (TPSA) is 110 Å². The second-order valence-corrected chi connectivity index (χ2v) is 1.27. The molecule has 0 aliphatic rings. The second kappa shape index (κ2) is 7.32. The fourth-order valence-corrected chi connectivity index (χ4v) is 0.0833. The number of carbonyl (C=O) groups is 3. The molecule has 0 aromatic rings. The Morgan fingerprint density at radius 1 is 0.917 bits per heavy atom. The average molecular weight is 180 g/mol. The van der Waals surface area contributed by atoms with Gasteiger partial charge in [0.25, 0.3) is 0 Å². The molecule has 0 aliphatic heterocycles. The van der Waals surface area contributed by atoms with Crippen molar-refractivity contribution in [1.29, 1.82) is 0 Å². The first-order valence-electron chi connectivity index (χ1n) is 2.53. The van der Waals surface area contributed by atoms with Crippen LogP contribution in [0.1, 0.15) is 0 Å². The molecular weight excluding hydrogens is 172 g/mol. The zero-order valence-corrected chi connectivity index (χ0v) is 6.44. The van der Waals surface area contributed by atoms with E-state index in [-0.39, 0.29) is 0 Å². The lowest BCUT2D eigenvalue weighted by Crippen LogP contribution is -2.09. The summed E-state index contributed by atoms with van der Waals surface area (Å²) in [6, 6.07) is 0. The van der Waals surface area contributed by atoms with Gasteiger partial charge in [-0.2, -0.15) is 0 Å². The highest BCUT2D eigenvalue weighted by molar-refractivity contribution is 6.27. The molecule has 0 amide bonds. The van der Waals surface area contributed by atoms with E-state index >= 15 is 0 Å². The van der Waals surface area contributed by atoms with Crippen LogP contribution < -0.4 is 0 Å². The van der Waals surface area contributed by atoms with Crippen LogP contribution in [-0.2, 0) is 19.1 Å². The summed E-state index contributed by atoms with van der Waals surface area (Å²) in [5.41, 5.74) is 0. The van der Waals surface area contributed by atoms with E-state index in [9.17, 15) is 4.79 Å². The molecule has 0 unspecified atom stereocenters. The molecule has 0 aromatic heterocycles. The van der Waals surface area contributed by atoms with Gasteiger partial charge in [-0.3, -0.25) is 0 Å². The predicted octanol–water partition coefficient (Wildman–Crippen LogP) is -0.445. The van der Waals surface area contributed by atoms with Crippen molar-refractivity contribution < 1.29 is 34.1 Å². The molecule has 7 nitrogen and oxygen atoms in total. The fraction of sp³-hybridized carbons (Fsp3) is 0.400. The molecule has 12 heavy (non-hydrogen) atoms. The first kappa shape index (κ1) is 12.8. The van der Waals surface area contributed by atoms with Crippen LogP contribution >= 0.6 is 0 Å². The van der Waals surface area contributed by atoms with Gasteiger partial charge in [-0.25, -0.2) is 14.4 Å². The molecule has 7 heteroatoms. The number of aliphatic carboxylic acids is 2. The van der Waals surface area contributed by atoms with Crippen LogP contribution in [0.3, 0.4) is 0 Å². The first-order valence-corrected chi connectivity index (χ1v) is 2.53. The summed E-state index contributed by atoms with van der Waals surface area (Å²) in [6.45, 7) is 0. The van der Waals surface area contributed by atoms with Crippen LogP contribution in [0.25, 0.3) is 0 Å². The minimum Gasteiger partial charge on any atom is -0.473 e. The molecule has 0 saturated carbocycles. The molecule has 0 radical (unpaired) electrons. The Balaban J connectivity index is 0. The minimum absolute atomic E-state index is 0.657. The third-order valence-corrected chi connectivity index (χ3v) is 0.516. The van der Waals surface area contributed by atoms with Crippen molar-refractivity contribution in [2.75, 3.05) is 14.2 Å². The van der Waals surface area contributed by atoms with Crippen LogP contribution in [-0.4, -0.2) is 42.5 Å². The number of ether oxygens (including phenoxy) is 2. The highest BCUT2D eigenvalue weighted by Gasteiger charge is 2.04. The van der Waals surface area contributed by atoms with E-state index in [0.29, 0.717) is 0 Å². The lowest BCUT2D eigenvalue weighted by molar-refractivity contribution is -0.159. The Labute approximate surface area is 67.5 Å². The molecule has 0 bridgehead atoms. The van der Waals surface area contributed by atoms with Crippen LogP contribution in [0.5, 0.6) is 0 Å². The maximum atomic E-state index is 9.74. The number of carbonyl (C=O) groups excluding carboxylic acids is 1. The molecule has 0 atom stereocenters. The summed E-state index contributed by atoms with van der Waals surface area (Å²) >= 11 is 0. The highest BCUT2D eigenvalue weighted by atomic mass is 16.7. The molecule has 70 valence electrons. The molecule has 0 aromatic carbocycles. The minimum atomic E-state index is -1.82. The van der Waals surface area contributed by atoms with Gasteiger partial charge < -0.3 is 19.7 Å². The highest BCUT2D eigenvalue weighted by Crippen LogP contribution is 1.72. The van der Waals surface area contributed by atoms with Gasteiger partial charge in [0, 0.05) is 0 Å². The molecule has 0 aliphatic carbocycles. The summed E-state index contributed by atoms with van der Waals surface area (Å²) < 4.78 is 8.08. The standard InChI is InChI=1S/C3H6O3.C2H2O4/c1-5-3(4)6-2;3-1(4)2(5)6/h1-2H3;(H,3,4)(H,5,6). The number of hydrogen-bond acceptors (Lipinski definition) is 5. The smallest absolute Gasteiger partial charge is 0.473 e. The van der Waals surface area contributed by atoms with Gasteiger partial charge in [0.05, 0.1) is 14.2 Å². The number of carboxylic acids is 2. The van der Waals surface area contributed by atoms with Crippen molar-refractivity contribution >= 4 is 18.1 Å². The lowest BCUT2D eigenvalue weighted by Gasteiger charge is -1.89. The van der Waals surface area contributed by atoms with Crippen LogP contribution in [0.4, 0.5) is 4.79 Å².